The van der Waals surface area contributed by atoms with Gasteiger partial charge < -0.3 is 15.5 Å². The Balaban J connectivity index is 1.54. The maximum atomic E-state index is 13.1. The number of anilines is 1. The number of carboxylic acid groups (broad SMARTS) is 1. The lowest BCUT2D eigenvalue weighted by Gasteiger charge is -2.54. The lowest BCUT2D eigenvalue weighted by Crippen LogP contribution is -2.71. The molecule has 2 aliphatic rings. The van der Waals surface area contributed by atoms with Gasteiger partial charge in [-0.15, -0.1) is 11.8 Å². The normalized spacial score (nSPS) is 21.3. The number of hydrogen-bond acceptors (Lipinski definition) is 8. The number of aliphatic carboxylic acids is 1. The van der Waals surface area contributed by atoms with Crippen molar-refractivity contribution >= 4 is 52.7 Å². The quantitative estimate of drug-likeness (QED) is 0.218. The summed E-state index contributed by atoms with van der Waals surface area (Å²) in [4.78, 5) is 48.4. The van der Waals surface area contributed by atoms with Gasteiger partial charge in [0.25, 0.3) is 5.69 Å². The number of β-lactam (4-membered cyclic amide) rings is 1. The number of nitro benzene ring substituents is 1. The van der Waals surface area contributed by atoms with Gasteiger partial charge in [0, 0.05) is 36.4 Å². The Kier molecular flexibility index (Phi) is 7.90. The number of aliphatic hydroxyl groups excluding tert-OH is 1. The fourth-order valence-corrected chi connectivity index (χ4v) is 7.72. The third-order valence-electron chi connectivity index (χ3n) is 6.27. The van der Waals surface area contributed by atoms with Gasteiger partial charge in [-0.1, -0.05) is 49.0 Å². The number of carboxylic acids is 1. The molecule has 3 atom stereocenters. The van der Waals surface area contributed by atoms with Crippen LogP contribution in [0.3, 0.4) is 0 Å². The van der Waals surface area contributed by atoms with E-state index in [4.69, 9.17) is 0 Å². The highest BCUT2D eigenvalue weighted by Gasteiger charge is 2.68. The van der Waals surface area contributed by atoms with E-state index >= 15 is 0 Å². The van der Waals surface area contributed by atoms with Crippen LogP contribution in [0.4, 0.5) is 11.4 Å². The van der Waals surface area contributed by atoms with E-state index in [9.17, 15) is 34.7 Å². The van der Waals surface area contributed by atoms with E-state index < -0.39 is 33.7 Å². The third kappa shape index (κ3) is 5.22. The van der Waals surface area contributed by atoms with Crippen molar-refractivity contribution in [2.75, 3.05) is 11.1 Å². The number of nitrogens with zero attached hydrogens (tertiary/aromatic N) is 2. The monoisotopic (exact) mass is 543 g/mol. The van der Waals surface area contributed by atoms with Crippen LogP contribution in [0.25, 0.3) is 0 Å². The van der Waals surface area contributed by atoms with Crippen LogP contribution in [-0.4, -0.2) is 54.5 Å². The molecule has 37 heavy (non-hydrogen) atoms. The molecule has 0 saturated carbocycles. The minimum Gasteiger partial charge on any atom is -0.477 e. The van der Waals surface area contributed by atoms with Crippen molar-refractivity contribution in [1.82, 2.24) is 4.90 Å². The second kappa shape index (κ2) is 11.0. The molecule has 0 radical (unpaired) electrons. The summed E-state index contributed by atoms with van der Waals surface area (Å²) in [5.41, 5.74) is 1.08. The molecule has 1 fully saturated rings. The molecule has 2 aliphatic heterocycles. The summed E-state index contributed by atoms with van der Waals surface area (Å²) in [5, 5.41) is 34.5. The molecule has 0 spiro atoms. The summed E-state index contributed by atoms with van der Waals surface area (Å²) in [7, 11) is 0. The maximum Gasteiger partial charge on any atom is 0.354 e. The molecule has 2 heterocycles. The number of amides is 2. The molecule has 4 rings (SSSR count). The van der Waals surface area contributed by atoms with Gasteiger partial charge in [0.1, 0.15) is 4.87 Å². The zero-order valence-electron chi connectivity index (χ0n) is 19.8. The number of thioether (sulfide) groups is 2. The zero-order valence-corrected chi connectivity index (χ0v) is 21.5. The highest BCUT2D eigenvalue weighted by atomic mass is 32.2. The molecular weight excluding hydrogens is 518 g/mol. The predicted octanol–water partition coefficient (Wildman–Crippen LogP) is 3.83. The van der Waals surface area contributed by atoms with Gasteiger partial charge in [0.05, 0.1) is 21.2 Å². The lowest BCUT2D eigenvalue weighted by atomic mass is 9.77. The second-order valence-corrected chi connectivity index (χ2v) is 11.3. The molecule has 12 heteroatoms. The van der Waals surface area contributed by atoms with Gasteiger partial charge in [-0.3, -0.25) is 24.6 Å². The topological polar surface area (TPSA) is 150 Å². The molecule has 0 bridgehead atoms. The number of para-hydroxylation sites is 1. The Morgan fingerprint density at radius 1 is 1.22 bits per heavy atom. The number of nitro groups is 1. The van der Waals surface area contributed by atoms with E-state index in [-0.39, 0.29) is 35.9 Å². The van der Waals surface area contributed by atoms with E-state index in [0.29, 0.717) is 21.9 Å². The Bertz CT molecular complexity index is 1250. The number of rotatable bonds is 11. The fourth-order valence-electron chi connectivity index (χ4n) is 4.52. The Morgan fingerprint density at radius 2 is 1.89 bits per heavy atom. The van der Waals surface area contributed by atoms with Crippen LogP contribution in [0.5, 0.6) is 0 Å². The number of hydrogen-bond donors (Lipinski definition) is 3. The Morgan fingerprint density at radius 3 is 2.49 bits per heavy atom. The lowest BCUT2D eigenvalue weighted by molar-refractivity contribution is -0.384. The number of non-ortho nitro benzene ring substituents is 1. The highest BCUT2D eigenvalue weighted by molar-refractivity contribution is 8.23. The third-order valence-corrected chi connectivity index (χ3v) is 9.05. The van der Waals surface area contributed by atoms with Gasteiger partial charge in [-0.2, -0.15) is 0 Å². The predicted molar refractivity (Wildman–Crippen MR) is 141 cm³/mol. The van der Waals surface area contributed by atoms with Crippen LogP contribution in [0, 0.1) is 16.0 Å². The molecular formula is C25H25N3O7S2. The largest absolute Gasteiger partial charge is 0.477 e. The van der Waals surface area contributed by atoms with Gasteiger partial charge in [-0.05, 0) is 24.1 Å². The summed E-state index contributed by atoms with van der Waals surface area (Å²) >= 11 is 2.38. The second-order valence-electron chi connectivity index (χ2n) is 8.63. The smallest absolute Gasteiger partial charge is 0.354 e. The first kappa shape index (κ1) is 26.7. The number of benzene rings is 2. The first-order chi connectivity index (χ1) is 17.7. The minimum atomic E-state index is -1.27. The number of fused-ring (bicyclic) bond motifs is 1. The van der Waals surface area contributed by atoms with E-state index in [2.05, 4.69) is 5.32 Å². The molecule has 194 valence electrons. The summed E-state index contributed by atoms with van der Waals surface area (Å²) in [6, 6.07) is 14.8. The van der Waals surface area contributed by atoms with E-state index in [0.717, 1.165) is 0 Å². The van der Waals surface area contributed by atoms with Crippen molar-refractivity contribution in [3.05, 3.63) is 80.2 Å². The molecule has 0 unspecified atom stereocenters. The summed E-state index contributed by atoms with van der Waals surface area (Å²) in [6.07, 6.45) is -0.359. The molecule has 2 aromatic rings. The number of carbonyl (C=O) groups is 3. The molecule has 0 aromatic heterocycles. The molecule has 10 nitrogen and oxygen atoms in total. The van der Waals surface area contributed by atoms with Crippen molar-refractivity contribution in [1.29, 1.82) is 0 Å². The Labute approximate surface area is 221 Å². The summed E-state index contributed by atoms with van der Waals surface area (Å²) < 4.78 is 0.390. The number of aliphatic hydroxyl groups is 1. The maximum absolute atomic E-state index is 13.1. The molecule has 2 aromatic carbocycles. The van der Waals surface area contributed by atoms with E-state index in [1.165, 1.54) is 40.6 Å². The Hall–Kier alpha value is -3.35. The first-order valence-corrected chi connectivity index (χ1v) is 13.4. The van der Waals surface area contributed by atoms with Gasteiger partial charge >= 0.3 is 5.97 Å². The number of nitrogens with one attached hydrogen (secondary N) is 1. The van der Waals surface area contributed by atoms with Crippen molar-refractivity contribution in [2.24, 2.45) is 5.92 Å². The van der Waals surface area contributed by atoms with Gasteiger partial charge in [0.2, 0.25) is 11.8 Å². The summed E-state index contributed by atoms with van der Waals surface area (Å²) in [6.45, 7) is 1.74. The SMILES string of the molecule is CC[C@H](O)[C@@H]1C(=O)N2C(C(=O)O)=C(SCCC(=O)Nc3ccccc3)S[C@]12Cc1ccc([N+](=O)[O-])cc1. The van der Waals surface area contributed by atoms with Crippen LogP contribution in [-0.2, 0) is 20.8 Å². The van der Waals surface area contributed by atoms with Crippen molar-refractivity contribution in [2.45, 2.75) is 37.2 Å². The van der Waals surface area contributed by atoms with Crippen LogP contribution >= 0.6 is 23.5 Å². The average Bonchev–Trinajstić information content (AvgIpc) is 3.14. The zero-order chi connectivity index (χ0) is 26.7. The van der Waals surface area contributed by atoms with Gasteiger partial charge in [-0.25, -0.2) is 4.79 Å². The molecule has 2 amide bonds. The highest BCUT2D eigenvalue weighted by Crippen LogP contribution is 2.62. The van der Waals surface area contributed by atoms with Crippen LogP contribution in [0.1, 0.15) is 25.3 Å². The van der Waals surface area contributed by atoms with Gasteiger partial charge in [0.15, 0.2) is 5.70 Å². The fraction of sp³-hybridized carbons (Fsp3) is 0.320. The molecule has 3 N–H and O–H groups in total. The molecule has 1 saturated heterocycles. The van der Waals surface area contributed by atoms with E-state index in [1.54, 1.807) is 43.3 Å². The van der Waals surface area contributed by atoms with Crippen molar-refractivity contribution in [3.8, 4) is 0 Å². The summed E-state index contributed by atoms with van der Waals surface area (Å²) in [5.74, 6) is -2.52. The van der Waals surface area contributed by atoms with Crippen molar-refractivity contribution in [3.63, 3.8) is 0 Å². The standard InChI is InChI=1S/C25H25N3O7S2/c1-2-18(29)20-22(31)27-21(23(32)33)24(36-13-12-19(30)26-16-6-4-3-5-7-16)37-25(20,27)14-15-8-10-17(11-9-15)28(34)35/h3-11,18,20,29H,2,12-14H2,1H3,(H,26,30)(H,32,33)/t18-,20+,25+/m0/s1. The first-order valence-electron chi connectivity index (χ1n) is 11.6. The number of carbonyl (C=O) groups excluding carboxylic acids is 2. The van der Waals surface area contributed by atoms with Crippen LogP contribution in [0.15, 0.2) is 64.5 Å². The van der Waals surface area contributed by atoms with Crippen LogP contribution in [0.2, 0.25) is 0 Å². The average molecular weight is 544 g/mol. The van der Waals surface area contributed by atoms with Crippen molar-refractivity contribution < 1.29 is 29.5 Å². The van der Waals surface area contributed by atoms with E-state index in [1.807, 2.05) is 6.07 Å². The van der Waals surface area contributed by atoms with Crippen LogP contribution < -0.4 is 5.32 Å². The molecule has 0 aliphatic carbocycles. The minimum absolute atomic E-state index is 0.0821.